The number of rotatable bonds is 7. The highest BCUT2D eigenvalue weighted by molar-refractivity contribution is 5.90. The first-order chi connectivity index (χ1) is 12.4. The molecule has 0 amide bonds. The average Bonchev–Trinajstić information content (AvgIpc) is 3.12. The highest BCUT2D eigenvalue weighted by Crippen LogP contribution is 2.20. The molecular formula is C21H22N4. The number of fused-ring (bicyclic) bond motifs is 2. The largest absolute Gasteiger partial charge is 0.384 e. The highest BCUT2D eigenvalue weighted by atomic mass is 14.9. The first-order valence-electron chi connectivity index (χ1n) is 8.74. The van der Waals surface area contributed by atoms with Crippen molar-refractivity contribution in [3.63, 3.8) is 0 Å². The van der Waals surface area contributed by atoms with Gasteiger partial charge < -0.3 is 15.6 Å². The molecule has 0 atom stereocenters. The number of nitrogens with zero attached hydrogens (tertiary/aromatic N) is 1. The van der Waals surface area contributed by atoms with E-state index < -0.39 is 0 Å². The van der Waals surface area contributed by atoms with Crippen LogP contribution in [0.5, 0.6) is 0 Å². The molecule has 2 aromatic heterocycles. The second kappa shape index (κ2) is 7.36. The Morgan fingerprint density at radius 3 is 2.92 bits per heavy atom. The van der Waals surface area contributed by atoms with E-state index >= 15 is 0 Å². The minimum Gasteiger partial charge on any atom is -0.384 e. The normalized spacial score (nSPS) is 11.2. The molecule has 126 valence electrons. The van der Waals surface area contributed by atoms with Crippen LogP contribution in [0.1, 0.15) is 12.0 Å². The molecule has 4 heteroatoms. The average molecular weight is 330 g/mol. The molecule has 4 nitrogen and oxygen atoms in total. The maximum Gasteiger partial charge on any atom is 0.0722 e. The summed E-state index contributed by atoms with van der Waals surface area (Å²) in [6.07, 6.45) is 4.92. The maximum absolute atomic E-state index is 4.40. The standard InChI is InChI=1S/C21H22N4/c1-2-5-20-18(4-1)21(9-13-25-20)23-11-3-10-22-15-16-6-7-19-17(14-16)8-12-24-19/h1-2,4-9,12-14,22,24H,3,10-11,15H2,(H,23,25). The topological polar surface area (TPSA) is 52.7 Å². The molecule has 2 heterocycles. The number of nitrogens with one attached hydrogen (secondary N) is 3. The number of aromatic amines is 1. The van der Waals surface area contributed by atoms with Crippen LogP contribution in [-0.2, 0) is 6.54 Å². The van der Waals surface area contributed by atoms with Crippen LogP contribution in [0.25, 0.3) is 21.8 Å². The molecule has 0 saturated carbocycles. The fourth-order valence-corrected chi connectivity index (χ4v) is 3.13. The molecule has 0 saturated heterocycles. The SMILES string of the molecule is c1ccc2c(NCCCNCc3ccc4[nH]ccc4c3)ccnc2c1. The minimum atomic E-state index is 0.902. The van der Waals surface area contributed by atoms with Crippen molar-refractivity contribution in [1.82, 2.24) is 15.3 Å². The van der Waals surface area contributed by atoms with Crippen molar-refractivity contribution in [2.24, 2.45) is 0 Å². The van der Waals surface area contributed by atoms with Crippen molar-refractivity contribution in [3.05, 3.63) is 72.6 Å². The molecule has 0 unspecified atom stereocenters. The van der Waals surface area contributed by atoms with Crippen LogP contribution in [0.3, 0.4) is 0 Å². The van der Waals surface area contributed by atoms with E-state index in [0.717, 1.165) is 37.3 Å². The Labute approximate surface area is 147 Å². The maximum atomic E-state index is 4.40. The number of para-hydroxylation sites is 1. The van der Waals surface area contributed by atoms with E-state index in [1.54, 1.807) is 0 Å². The number of anilines is 1. The van der Waals surface area contributed by atoms with Gasteiger partial charge >= 0.3 is 0 Å². The van der Waals surface area contributed by atoms with Gasteiger partial charge in [0.25, 0.3) is 0 Å². The summed E-state index contributed by atoms with van der Waals surface area (Å²) in [6, 6.07) is 18.9. The van der Waals surface area contributed by atoms with Crippen LogP contribution >= 0.6 is 0 Å². The Hall–Kier alpha value is -2.85. The molecule has 0 radical (unpaired) electrons. The van der Waals surface area contributed by atoms with Gasteiger partial charge in [-0.25, -0.2) is 0 Å². The van der Waals surface area contributed by atoms with Crippen molar-refractivity contribution in [2.75, 3.05) is 18.4 Å². The molecule has 0 aliphatic rings. The lowest BCUT2D eigenvalue weighted by atomic mass is 10.1. The summed E-state index contributed by atoms with van der Waals surface area (Å²) in [4.78, 5) is 7.62. The second-order valence-electron chi connectivity index (χ2n) is 6.23. The smallest absolute Gasteiger partial charge is 0.0722 e. The molecule has 0 bridgehead atoms. The first-order valence-corrected chi connectivity index (χ1v) is 8.74. The van der Waals surface area contributed by atoms with Crippen LogP contribution in [0, 0.1) is 0 Å². The van der Waals surface area contributed by atoms with Gasteiger partial charge in [0.15, 0.2) is 0 Å². The number of aromatic nitrogens is 2. The van der Waals surface area contributed by atoms with Crippen LogP contribution in [0.15, 0.2) is 67.0 Å². The van der Waals surface area contributed by atoms with Gasteiger partial charge in [0, 0.05) is 42.1 Å². The predicted octanol–water partition coefficient (Wildman–Crippen LogP) is 4.31. The van der Waals surface area contributed by atoms with E-state index in [4.69, 9.17) is 0 Å². The Kier molecular flexibility index (Phi) is 4.61. The van der Waals surface area contributed by atoms with E-state index in [1.165, 1.54) is 21.9 Å². The number of benzene rings is 2. The molecule has 2 aromatic carbocycles. The van der Waals surface area contributed by atoms with Crippen molar-refractivity contribution < 1.29 is 0 Å². The van der Waals surface area contributed by atoms with E-state index in [-0.39, 0.29) is 0 Å². The molecule has 0 aliphatic carbocycles. The summed E-state index contributed by atoms with van der Waals surface area (Å²) in [7, 11) is 0. The zero-order chi connectivity index (χ0) is 16.9. The van der Waals surface area contributed by atoms with Crippen molar-refractivity contribution in [1.29, 1.82) is 0 Å². The third-order valence-electron chi connectivity index (χ3n) is 4.44. The van der Waals surface area contributed by atoms with Gasteiger partial charge in [-0.3, -0.25) is 4.98 Å². The quantitative estimate of drug-likeness (QED) is 0.443. The van der Waals surface area contributed by atoms with Gasteiger partial charge in [0.2, 0.25) is 0 Å². The number of hydrogen-bond acceptors (Lipinski definition) is 3. The Bertz CT molecular complexity index is 968. The molecule has 25 heavy (non-hydrogen) atoms. The molecule has 0 aliphatic heterocycles. The Balaban J connectivity index is 1.24. The van der Waals surface area contributed by atoms with Crippen molar-refractivity contribution >= 4 is 27.5 Å². The van der Waals surface area contributed by atoms with E-state index in [2.05, 4.69) is 57.0 Å². The molecular weight excluding hydrogens is 308 g/mol. The second-order valence-corrected chi connectivity index (χ2v) is 6.23. The van der Waals surface area contributed by atoms with Gasteiger partial charge in [-0.2, -0.15) is 0 Å². The lowest BCUT2D eigenvalue weighted by Crippen LogP contribution is -2.17. The third-order valence-corrected chi connectivity index (χ3v) is 4.44. The molecule has 4 rings (SSSR count). The summed E-state index contributed by atoms with van der Waals surface area (Å²) in [5, 5.41) is 9.49. The summed E-state index contributed by atoms with van der Waals surface area (Å²) in [5.41, 5.74) is 4.70. The van der Waals surface area contributed by atoms with Gasteiger partial charge in [-0.15, -0.1) is 0 Å². The minimum absolute atomic E-state index is 0.902. The van der Waals surface area contributed by atoms with Crippen LogP contribution in [0.2, 0.25) is 0 Å². The van der Waals surface area contributed by atoms with E-state index in [1.807, 2.05) is 30.6 Å². The summed E-state index contributed by atoms with van der Waals surface area (Å²) < 4.78 is 0. The zero-order valence-electron chi connectivity index (χ0n) is 14.1. The summed E-state index contributed by atoms with van der Waals surface area (Å²) in [6.45, 7) is 2.83. The molecule has 0 fully saturated rings. The first kappa shape index (κ1) is 15.7. The van der Waals surface area contributed by atoms with E-state index in [0.29, 0.717) is 0 Å². The number of H-pyrrole nitrogens is 1. The van der Waals surface area contributed by atoms with Crippen LogP contribution < -0.4 is 10.6 Å². The lowest BCUT2D eigenvalue weighted by molar-refractivity contribution is 0.664. The molecule has 0 spiro atoms. The van der Waals surface area contributed by atoms with Crippen molar-refractivity contribution in [2.45, 2.75) is 13.0 Å². The fraction of sp³-hybridized carbons (Fsp3) is 0.190. The van der Waals surface area contributed by atoms with Crippen LogP contribution in [-0.4, -0.2) is 23.1 Å². The zero-order valence-corrected chi connectivity index (χ0v) is 14.1. The summed E-state index contributed by atoms with van der Waals surface area (Å²) >= 11 is 0. The highest BCUT2D eigenvalue weighted by Gasteiger charge is 2.00. The molecule has 4 aromatic rings. The van der Waals surface area contributed by atoms with Gasteiger partial charge in [-0.1, -0.05) is 24.3 Å². The predicted molar refractivity (Wildman–Crippen MR) is 105 cm³/mol. The number of hydrogen-bond donors (Lipinski definition) is 3. The summed E-state index contributed by atoms with van der Waals surface area (Å²) in [5.74, 6) is 0. The Morgan fingerprint density at radius 2 is 1.92 bits per heavy atom. The lowest BCUT2D eigenvalue weighted by Gasteiger charge is -2.10. The van der Waals surface area contributed by atoms with Gasteiger partial charge in [0.1, 0.15) is 0 Å². The molecule has 3 N–H and O–H groups in total. The van der Waals surface area contributed by atoms with Gasteiger partial charge in [-0.05, 0) is 54.2 Å². The number of pyridine rings is 1. The van der Waals surface area contributed by atoms with Crippen LogP contribution in [0.4, 0.5) is 5.69 Å². The third kappa shape index (κ3) is 3.64. The Morgan fingerprint density at radius 1 is 0.960 bits per heavy atom. The fourth-order valence-electron chi connectivity index (χ4n) is 3.13. The van der Waals surface area contributed by atoms with E-state index in [9.17, 15) is 0 Å². The monoisotopic (exact) mass is 330 g/mol. The van der Waals surface area contributed by atoms with Crippen molar-refractivity contribution in [3.8, 4) is 0 Å². The van der Waals surface area contributed by atoms with Gasteiger partial charge in [0.05, 0.1) is 5.52 Å².